The number of rotatable bonds is 4. The minimum atomic E-state index is -1.04. The zero-order valence-corrected chi connectivity index (χ0v) is 9.57. The van der Waals surface area contributed by atoms with Gasteiger partial charge < -0.3 is 21.3 Å². The van der Waals surface area contributed by atoms with E-state index in [2.05, 4.69) is 5.32 Å². The highest BCUT2D eigenvalue weighted by molar-refractivity contribution is 5.77. The molecule has 0 rings (SSSR count). The normalized spacial score (nSPS) is 15.5. The van der Waals surface area contributed by atoms with Crippen LogP contribution in [0.5, 0.6) is 0 Å². The molecule has 0 aliphatic heterocycles. The first-order valence-corrected chi connectivity index (χ1v) is 4.61. The lowest BCUT2D eigenvalue weighted by Gasteiger charge is -2.14. The monoisotopic (exact) mass is 220 g/mol. The van der Waals surface area contributed by atoms with Gasteiger partial charge in [-0.05, 0) is 27.3 Å². The third-order valence-corrected chi connectivity index (χ3v) is 2.03. The Hall–Kier alpha value is -1.14. The van der Waals surface area contributed by atoms with E-state index in [1.54, 1.807) is 20.9 Å². The Labute approximate surface area is 89.5 Å². The maximum absolute atomic E-state index is 10.1. The van der Waals surface area contributed by atoms with Crippen molar-refractivity contribution in [3.63, 3.8) is 0 Å². The zero-order valence-electron chi connectivity index (χ0n) is 9.57. The van der Waals surface area contributed by atoms with Crippen LogP contribution in [0, 0.1) is 0 Å². The summed E-state index contributed by atoms with van der Waals surface area (Å²) < 4.78 is 0. The Morgan fingerprint density at radius 3 is 1.87 bits per heavy atom. The smallest absolute Gasteiger partial charge is 0.323 e. The van der Waals surface area contributed by atoms with E-state index >= 15 is 0 Å². The van der Waals surface area contributed by atoms with Crippen LogP contribution in [0.15, 0.2) is 0 Å². The molecule has 0 aromatic rings. The summed E-state index contributed by atoms with van der Waals surface area (Å²) in [7, 11) is 1.61. The van der Waals surface area contributed by atoms with E-state index in [9.17, 15) is 9.59 Å². The highest BCUT2D eigenvalue weighted by Gasteiger charge is 2.24. The molecule has 0 heterocycles. The number of nitrogens with one attached hydrogen (secondary N) is 1. The maximum Gasteiger partial charge on any atom is 0.323 e. The van der Waals surface area contributed by atoms with Gasteiger partial charge in [0.2, 0.25) is 0 Å². The van der Waals surface area contributed by atoms with Crippen molar-refractivity contribution in [2.75, 3.05) is 7.05 Å². The first-order valence-electron chi connectivity index (χ1n) is 4.61. The van der Waals surface area contributed by atoms with Gasteiger partial charge in [-0.2, -0.15) is 0 Å². The van der Waals surface area contributed by atoms with Gasteiger partial charge in [0, 0.05) is 0 Å². The van der Waals surface area contributed by atoms with Crippen molar-refractivity contribution in [1.29, 1.82) is 0 Å². The predicted octanol–water partition coefficient (Wildman–Crippen LogP) is -0.123. The largest absolute Gasteiger partial charge is 0.480 e. The van der Waals surface area contributed by atoms with E-state index in [1.165, 1.54) is 6.92 Å². The third kappa shape index (κ3) is 7.90. The fraction of sp³-hybridized carbons (Fsp3) is 0.778. The number of carbonyl (C=O) groups is 2. The molecule has 1 unspecified atom stereocenters. The quantitative estimate of drug-likeness (QED) is 0.525. The molecule has 0 aliphatic carbocycles. The lowest BCUT2D eigenvalue weighted by Crippen LogP contribution is -2.43. The molecule has 0 amide bonds. The number of hydrogen-bond donors (Lipinski definition) is 4. The third-order valence-electron chi connectivity index (χ3n) is 2.03. The average molecular weight is 220 g/mol. The standard InChI is InChI=1S/C5H11NO2.C4H9NO2/c1-3-5(2,6)4(7)8;1-3(5-2)4(6)7/h3,6H2,1-2H3,(H,7,8);3,5H,1-2H3,(H,6,7)/t;3-/m.0/s1. The van der Waals surface area contributed by atoms with Crippen LogP contribution >= 0.6 is 0 Å². The number of aliphatic carboxylic acids is 2. The van der Waals surface area contributed by atoms with E-state index in [4.69, 9.17) is 15.9 Å². The summed E-state index contributed by atoms with van der Waals surface area (Å²) in [5.41, 5.74) is 4.22. The molecule has 2 atom stereocenters. The van der Waals surface area contributed by atoms with Crippen LogP contribution in [-0.4, -0.2) is 40.8 Å². The lowest BCUT2D eigenvalue weighted by atomic mass is 10.0. The second-order valence-corrected chi connectivity index (χ2v) is 3.42. The van der Waals surface area contributed by atoms with Gasteiger partial charge in [-0.25, -0.2) is 0 Å². The second-order valence-electron chi connectivity index (χ2n) is 3.42. The molecule has 6 nitrogen and oxygen atoms in total. The minimum absolute atomic E-state index is 0.431. The lowest BCUT2D eigenvalue weighted by molar-refractivity contribution is -0.142. The second kappa shape index (κ2) is 7.19. The minimum Gasteiger partial charge on any atom is -0.480 e. The van der Waals surface area contributed by atoms with E-state index in [0.717, 1.165) is 0 Å². The van der Waals surface area contributed by atoms with Crippen LogP contribution in [0.4, 0.5) is 0 Å². The van der Waals surface area contributed by atoms with Gasteiger partial charge in [0.25, 0.3) is 0 Å². The number of hydrogen-bond acceptors (Lipinski definition) is 4. The summed E-state index contributed by atoms with van der Waals surface area (Å²) in [4.78, 5) is 20.0. The first-order chi connectivity index (χ1) is 6.68. The molecular formula is C9H20N2O4. The molecule has 5 N–H and O–H groups in total. The summed E-state index contributed by atoms with van der Waals surface area (Å²) in [5, 5.41) is 19.0. The van der Waals surface area contributed by atoms with Crippen molar-refractivity contribution in [3.05, 3.63) is 0 Å². The van der Waals surface area contributed by atoms with Crippen LogP contribution in [-0.2, 0) is 9.59 Å². The van der Waals surface area contributed by atoms with Gasteiger partial charge in [0.1, 0.15) is 11.6 Å². The van der Waals surface area contributed by atoms with Crippen molar-refractivity contribution < 1.29 is 19.8 Å². The van der Waals surface area contributed by atoms with E-state index in [1.807, 2.05) is 0 Å². The van der Waals surface area contributed by atoms with E-state index in [0.29, 0.717) is 6.42 Å². The Kier molecular flexibility index (Phi) is 7.81. The van der Waals surface area contributed by atoms with Crippen molar-refractivity contribution in [2.24, 2.45) is 5.73 Å². The van der Waals surface area contributed by atoms with Crippen LogP contribution in [0.2, 0.25) is 0 Å². The molecule has 6 heteroatoms. The SMILES string of the molecule is CCC(C)(N)C(=O)O.CN[C@@H](C)C(=O)O. The number of likely N-dealkylation sites (N-methyl/N-ethyl adjacent to an activating group) is 1. The summed E-state index contributed by atoms with van der Waals surface area (Å²) in [6.45, 7) is 4.83. The molecule has 0 saturated carbocycles. The highest BCUT2D eigenvalue weighted by atomic mass is 16.4. The predicted molar refractivity (Wildman–Crippen MR) is 56.7 cm³/mol. The van der Waals surface area contributed by atoms with Crippen molar-refractivity contribution in [3.8, 4) is 0 Å². The van der Waals surface area contributed by atoms with Crippen LogP contribution in [0.25, 0.3) is 0 Å². The molecule has 0 aromatic heterocycles. The molecule has 0 radical (unpaired) electrons. The van der Waals surface area contributed by atoms with Gasteiger partial charge in [0.15, 0.2) is 0 Å². The van der Waals surface area contributed by atoms with Gasteiger partial charge >= 0.3 is 11.9 Å². The van der Waals surface area contributed by atoms with Gasteiger partial charge in [-0.3, -0.25) is 9.59 Å². The Morgan fingerprint density at radius 2 is 1.87 bits per heavy atom. The van der Waals surface area contributed by atoms with E-state index < -0.39 is 23.5 Å². The fourth-order valence-corrected chi connectivity index (χ4v) is 0.275. The molecule has 0 bridgehead atoms. The topological polar surface area (TPSA) is 113 Å². The van der Waals surface area contributed by atoms with Crippen LogP contribution in [0.1, 0.15) is 27.2 Å². The van der Waals surface area contributed by atoms with Gasteiger partial charge in [-0.1, -0.05) is 6.92 Å². The number of nitrogens with two attached hydrogens (primary N) is 1. The Morgan fingerprint density at radius 1 is 1.47 bits per heavy atom. The first kappa shape index (κ1) is 16.3. The Bertz CT molecular complexity index is 216. The molecule has 15 heavy (non-hydrogen) atoms. The molecule has 0 aliphatic rings. The molecule has 90 valence electrons. The van der Waals surface area contributed by atoms with Crippen molar-refractivity contribution >= 4 is 11.9 Å². The van der Waals surface area contributed by atoms with Crippen LogP contribution in [0.3, 0.4) is 0 Å². The summed E-state index contributed by atoms with van der Waals surface area (Å²) in [6.07, 6.45) is 0.461. The van der Waals surface area contributed by atoms with Gasteiger partial charge in [0.05, 0.1) is 0 Å². The molecule has 0 saturated heterocycles. The summed E-state index contributed by atoms with van der Waals surface area (Å²) in [5.74, 6) is -1.76. The van der Waals surface area contributed by atoms with E-state index in [-0.39, 0.29) is 0 Å². The molecular weight excluding hydrogens is 200 g/mol. The Balaban J connectivity index is 0. The number of carboxylic acids is 2. The molecule has 0 aromatic carbocycles. The molecule has 0 spiro atoms. The summed E-state index contributed by atoms with van der Waals surface area (Å²) in [6, 6.07) is -0.431. The molecule has 0 fully saturated rings. The zero-order chi connectivity index (χ0) is 12.6. The van der Waals surface area contributed by atoms with Gasteiger partial charge in [-0.15, -0.1) is 0 Å². The highest BCUT2D eigenvalue weighted by Crippen LogP contribution is 2.02. The number of carboxylic acid groups (broad SMARTS) is 2. The fourth-order valence-electron chi connectivity index (χ4n) is 0.275. The van der Waals surface area contributed by atoms with Crippen molar-refractivity contribution in [2.45, 2.75) is 38.8 Å². The average Bonchev–Trinajstić information content (AvgIpc) is 2.17. The van der Waals surface area contributed by atoms with Crippen molar-refractivity contribution in [1.82, 2.24) is 5.32 Å². The maximum atomic E-state index is 10.1. The van der Waals surface area contributed by atoms with Crippen LogP contribution < -0.4 is 11.1 Å². The summed E-state index contributed by atoms with van der Waals surface area (Å²) >= 11 is 0.